The third-order valence-electron chi connectivity index (χ3n) is 4.22. The second-order valence-corrected chi connectivity index (χ2v) is 5.91. The van der Waals surface area contributed by atoms with Gasteiger partial charge in [-0.25, -0.2) is 4.98 Å². The largest absolute Gasteiger partial charge is 0.497 e. The van der Waals surface area contributed by atoms with E-state index in [0.29, 0.717) is 13.0 Å². The predicted molar refractivity (Wildman–Crippen MR) is 98.1 cm³/mol. The second-order valence-electron chi connectivity index (χ2n) is 5.91. The number of fused-ring (bicyclic) bond motifs is 1. The van der Waals surface area contributed by atoms with Crippen LogP contribution in [-0.2, 0) is 6.54 Å². The molecular weight excluding hydrogens is 316 g/mol. The molecule has 0 aliphatic heterocycles. The quantitative estimate of drug-likeness (QED) is 0.631. The Bertz CT molecular complexity index is 811. The monoisotopic (exact) mass is 340 g/mol. The summed E-state index contributed by atoms with van der Waals surface area (Å²) in [5, 5.41) is 10.3. The Kier molecular flexibility index (Phi) is 5.56. The highest BCUT2D eigenvalue weighted by molar-refractivity contribution is 5.76. The van der Waals surface area contributed by atoms with Crippen molar-refractivity contribution in [3.63, 3.8) is 0 Å². The van der Waals surface area contributed by atoms with Crippen molar-refractivity contribution >= 4 is 11.0 Å². The minimum atomic E-state index is -0.546. The summed E-state index contributed by atoms with van der Waals surface area (Å²) in [6.45, 7) is 3.31. The fourth-order valence-corrected chi connectivity index (χ4v) is 2.85. The van der Waals surface area contributed by atoms with E-state index in [9.17, 15) is 5.11 Å². The lowest BCUT2D eigenvalue weighted by Gasteiger charge is -2.13. The number of rotatable bonds is 8. The lowest BCUT2D eigenvalue weighted by Crippen LogP contribution is -2.11. The van der Waals surface area contributed by atoms with Gasteiger partial charge in [0.2, 0.25) is 0 Å². The van der Waals surface area contributed by atoms with E-state index in [1.165, 1.54) is 0 Å². The molecule has 0 bridgehead atoms. The maximum absolute atomic E-state index is 10.3. The van der Waals surface area contributed by atoms with Crippen LogP contribution in [0.4, 0.5) is 0 Å². The Hall–Kier alpha value is -2.53. The minimum absolute atomic E-state index is 0.546. The molecule has 1 aromatic heterocycles. The summed E-state index contributed by atoms with van der Waals surface area (Å²) < 4.78 is 13.0. The van der Waals surface area contributed by atoms with E-state index < -0.39 is 6.10 Å². The van der Waals surface area contributed by atoms with Crippen LogP contribution in [0.15, 0.2) is 48.5 Å². The topological polar surface area (TPSA) is 56.5 Å². The van der Waals surface area contributed by atoms with E-state index in [0.717, 1.165) is 41.3 Å². The number of ether oxygens (including phenoxy) is 2. The molecule has 25 heavy (non-hydrogen) atoms. The number of aliphatic hydroxyl groups is 1. The molecule has 0 unspecified atom stereocenters. The molecule has 5 nitrogen and oxygen atoms in total. The van der Waals surface area contributed by atoms with Gasteiger partial charge in [0.05, 0.1) is 24.8 Å². The zero-order valence-corrected chi connectivity index (χ0v) is 14.7. The number of para-hydroxylation sites is 2. The van der Waals surface area contributed by atoms with E-state index in [2.05, 4.69) is 9.55 Å². The number of hydrogen-bond acceptors (Lipinski definition) is 4. The van der Waals surface area contributed by atoms with Crippen LogP contribution in [0.2, 0.25) is 0 Å². The van der Waals surface area contributed by atoms with Gasteiger partial charge in [0.25, 0.3) is 0 Å². The number of aromatic nitrogens is 2. The molecular formula is C20H24N2O3. The van der Waals surface area contributed by atoms with Gasteiger partial charge in [-0.3, -0.25) is 0 Å². The van der Waals surface area contributed by atoms with Crippen LogP contribution in [0, 0.1) is 0 Å². The molecule has 0 saturated carbocycles. The third kappa shape index (κ3) is 3.94. The number of nitrogens with zero attached hydrogens (tertiary/aromatic N) is 2. The lowest BCUT2D eigenvalue weighted by molar-refractivity contribution is 0.158. The molecule has 0 spiro atoms. The highest BCUT2D eigenvalue weighted by atomic mass is 16.5. The molecule has 5 heteroatoms. The van der Waals surface area contributed by atoms with Crippen LogP contribution >= 0.6 is 0 Å². The zero-order valence-electron chi connectivity index (χ0n) is 14.7. The molecule has 0 fully saturated rings. The van der Waals surface area contributed by atoms with Gasteiger partial charge in [-0.05, 0) is 49.2 Å². The van der Waals surface area contributed by atoms with Crippen molar-refractivity contribution in [1.82, 2.24) is 9.55 Å². The van der Waals surface area contributed by atoms with Crippen molar-refractivity contribution in [2.75, 3.05) is 13.7 Å². The summed E-state index contributed by atoms with van der Waals surface area (Å²) in [6, 6.07) is 15.5. The molecule has 0 aliphatic carbocycles. The first-order valence-corrected chi connectivity index (χ1v) is 8.63. The fourth-order valence-electron chi connectivity index (χ4n) is 2.85. The smallest absolute Gasteiger partial charge is 0.138 e. The van der Waals surface area contributed by atoms with Crippen LogP contribution in [0.25, 0.3) is 11.0 Å². The third-order valence-corrected chi connectivity index (χ3v) is 4.22. The summed E-state index contributed by atoms with van der Waals surface area (Å²) in [5.74, 6) is 2.37. The van der Waals surface area contributed by atoms with E-state index >= 15 is 0 Å². The van der Waals surface area contributed by atoms with Crippen molar-refractivity contribution in [2.45, 2.75) is 32.4 Å². The van der Waals surface area contributed by atoms with Crippen molar-refractivity contribution in [3.05, 3.63) is 54.4 Å². The number of methoxy groups -OCH3 is 1. The van der Waals surface area contributed by atoms with Crippen molar-refractivity contribution in [2.24, 2.45) is 0 Å². The van der Waals surface area contributed by atoms with Gasteiger partial charge in [0.15, 0.2) is 0 Å². The number of hydrogen-bond donors (Lipinski definition) is 1. The van der Waals surface area contributed by atoms with E-state index in [-0.39, 0.29) is 0 Å². The number of aryl methyl sites for hydroxylation is 1. The lowest BCUT2D eigenvalue weighted by atomic mass is 10.2. The molecule has 0 saturated heterocycles. The van der Waals surface area contributed by atoms with Gasteiger partial charge in [0, 0.05) is 6.54 Å². The maximum atomic E-state index is 10.3. The van der Waals surface area contributed by atoms with Crippen LogP contribution in [0.1, 0.15) is 31.7 Å². The Morgan fingerprint density at radius 2 is 1.80 bits per heavy atom. The van der Waals surface area contributed by atoms with Crippen LogP contribution in [0.5, 0.6) is 11.5 Å². The number of imidazole rings is 1. The predicted octanol–water partition coefficient (Wildman–Crippen LogP) is 3.96. The van der Waals surface area contributed by atoms with Gasteiger partial charge in [0.1, 0.15) is 23.4 Å². The fraction of sp³-hybridized carbons (Fsp3) is 0.350. The Balaban J connectivity index is 1.65. The highest BCUT2D eigenvalue weighted by Crippen LogP contribution is 2.23. The first-order valence-electron chi connectivity index (χ1n) is 8.63. The van der Waals surface area contributed by atoms with E-state index in [1.54, 1.807) is 7.11 Å². The first kappa shape index (κ1) is 17.3. The highest BCUT2D eigenvalue weighted by Gasteiger charge is 2.16. The zero-order chi connectivity index (χ0) is 17.6. The molecule has 1 N–H and O–H groups in total. The van der Waals surface area contributed by atoms with Crippen molar-refractivity contribution in [3.8, 4) is 11.5 Å². The molecule has 0 aliphatic rings. The number of benzene rings is 2. The van der Waals surface area contributed by atoms with Crippen molar-refractivity contribution < 1.29 is 14.6 Å². The van der Waals surface area contributed by atoms with Gasteiger partial charge in [-0.2, -0.15) is 0 Å². The molecule has 1 atom stereocenters. The Labute approximate surface area is 147 Å². The van der Waals surface area contributed by atoms with Crippen LogP contribution in [0.3, 0.4) is 0 Å². The van der Waals surface area contributed by atoms with Crippen molar-refractivity contribution in [1.29, 1.82) is 0 Å². The SMILES string of the molecule is CC[C@H](O)c1nc2ccccc2n1CCCOc1ccc(OC)cc1. The van der Waals surface area contributed by atoms with Crippen LogP contribution < -0.4 is 9.47 Å². The molecule has 132 valence electrons. The summed E-state index contributed by atoms with van der Waals surface area (Å²) >= 11 is 0. The maximum Gasteiger partial charge on any atom is 0.138 e. The normalized spacial score (nSPS) is 12.3. The van der Waals surface area contributed by atoms with E-state index in [4.69, 9.17) is 9.47 Å². The first-order chi connectivity index (χ1) is 12.2. The summed E-state index contributed by atoms with van der Waals surface area (Å²) in [7, 11) is 1.65. The van der Waals surface area contributed by atoms with Gasteiger partial charge in [-0.15, -0.1) is 0 Å². The molecule has 3 rings (SSSR count). The number of aliphatic hydroxyl groups excluding tert-OH is 1. The van der Waals surface area contributed by atoms with Gasteiger partial charge >= 0.3 is 0 Å². The second kappa shape index (κ2) is 8.03. The van der Waals surface area contributed by atoms with Gasteiger partial charge < -0.3 is 19.1 Å². The summed E-state index contributed by atoms with van der Waals surface area (Å²) in [4.78, 5) is 4.60. The average Bonchev–Trinajstić information content (AvgIpc) is 3.04. The molecule has 1 heterocycles. The van der Waals surface area contributed by atoms with Gasteiger partial charge in [-0.1, -0.05) is 19.1 Å². The molecule has 0 radical (unpaired) electrons. The van der Waals surface area contributed by atoms with Crippen LogP contribution in [-0.4, -0.2) is 28.4 Å². The Morgan fingerprint density at radius 3 is 2.52 bits per heavy atom. The summed E-state index contributed by atoms with van der Waals surface area (Å²) in [5.41, 5.74) is 1.97. The standard InChI is InChI=1S/C20H24N2O3/c1-3-19(23)20-21-17-7-4-5-8-18(17)22(20)13-6-14-25-16-11-9-15(24-2)10-12-16/h4-5,7-12,19,23H,3,6,13-14H2,1-2H3/t19-/m0/s1. The molecule has 0 amide bonds. The average molecular weight is 340 g/mol. The minimum Gasteiger partial charge on any atom is -0.497 e. The molecule has 2 aromatic carbocycles. The van der Waals surface area contributed by atoms with E-state index in [1.807, 2.05) is 55.5 Å². The Morgan fingerprint density at radius 1 is 1.08 bits per heavy atom. The summed E-state index contributed by atoms with van der Waals surface area (Å²) in [6.07, 6.45) is 0.927. The molecule has 3 aromatic rings.